The van der Waals surface area contributed by atoms with Crippen LogP contribution in [0.15, 0.2) is 67.0 Å². The zero-order valence-corrected chi connectivity index (χ0v) is 20.1. The van der Waals surface area contributed by atoms with Crippen LogP contribution < -0.4 is 4.90 Å². The maximum absolute atomic E-state index is 13.9. The Morgan fingerprint density at radius 1 is 0.971 bits per heavy atom. The van der Waals surface area contributed by atoms with Crippen LogP contribution in [0.5, 0.6) is 0 Å². The summed E-state index contributed by atoms with van der Waals surface area (Å²) in [6.07, 6.45) is 6.28. The van der Waals surface area contributed by atoms with E-state index in [2.05, 4.69) is 4.98 Å². The minimum atomic E-state index is -0.177. The molecule has 178 valence electrons. The molecular formula is C28H29N5O2. The second kappa shape index (κ2) is 9.70. The molecule has 0 aliphatic carbocycles. The summed E-state index contributed by atoms with van der Waals surface area (Å²) < 4.78 is 2.02. The van der Waals surface area contributed by atoms with Gasteiger partial charge in [0, 0.05) is 51.1 Å². The molecule has 4 aromatic rings. The van der Waals surface area contributed by atoms with Crippen molar-refractivity contribution in [3.8, 4) is 0 Å². The molecule has 2 amide bonds. The summed E-state index contributed by atoms with van der Waals surface area (Å²) in [6.45, 7) is 3.71. The highest BCUT2D eigenvalue weighted by Gasteiger charge is 2.32. The van der Waals surface area contributed by atoms with E-state index >= 15 is 0 Å². The monoisotopic (exact) mass is 467 g/mol. The van der Waals surface area contributed by atoms with Crippen molar-refractivity contribution in [1.82, 2.24) is 19.4 Å². The highest BCUT2D eigenvalue weighted by molar-refractivity contribution is 6.15. The van der Waals surface area contributed by atoms with Crippen LogP contribution in [0, 0.1) is 0 Å². The summed E-state index contributed by atoms with van der Waals surface area (Å²) in [5.74, 6) is 1.01. The van der Waals surface area contributed by atoms with E-state index in [1.54, 1.807) is 29.2 Å². The van der Waals surface area contributed by atoms with Gasteiger partial charge >= 0.3 is 0 Å². The van der Waals surface area contributed by atoms with Gasteiger partial charge in [0.1, 0.15) is 5.82 Å². The fraction of sp³-hybridized carbons (Fsp3) is 0.286. The number of hydrogen-bond donors (Lipinski definition) is 0. The first kappa shape index (κ1) is 22.8. The van der Waals surface area contributed by atoms with Gasteiger partial charge in [0.15, 0.2) is 11.5 Å². The molecule has 5 rings (SSSR count). The first-order valence-corrected chi connectivity index (χ1v) is 12.1. The summed E-state index contributed by atoms with van der Waals surface area (Å²) >= 11 is 0. The zero-order chi connectivity index (χ0) is 24.4. The quantitative estimate of drug-likeness (QED) is 0.412. The topological polar surface area (TPSA) is 71.3 Å². The standard InChI is InChI=1S/C28H29N5O2/c1-3-32(19-20-14-16-29-17-15-20)28(35)25-26(30-24-13-6-7-18-33(24)25)31(2)27(34)23-12-8-10-21-9-4-5-11-22(21)23/h4-5,8-12,14-17H,3,6-7,13,18-19H2,1-2H3. The third-order valence-corrected chi connectivity index (χ3v) is 6.70. The van der Waals surface area contributed by atoms with E-state index in [4.69, 9.17) is 4.98 Å². The van der Waals surface area contributed by atoms with Crippen molar-refractivity contribution in [3.05, 3.63) is 89.6 Å². The molecule has 0 fully saturated rings. The first-order chi connectivity index (χ1) is 17.1. The molecule has 0 unspecified atom stereocenters. The Bertz CT molecular complexity index is 1370. The van der Waals surface area contributed by atoms with Crippen LogP contribution in [-0.4, -0.2) is 44.8 Å². The Morgan fingerprint density at radius 2 is 1.74 bits per heavy atom. The van der Waals surface area contributed by atoms with Gasteiger partial charge in [-0.2, -0.15) is 0 Å². The van der Waals surface area contributed by atoms with Crippen molar-refractivity contribution in [2.75, 3.05) is 18.5 Å². The number of fused-ring (bicyclic) bond motifs is 2. The molecule has 0 bridgehead atoms. The lowest BCUT2D eigenvalue weighted by atomic mass is 10.0. The van der Waals surface area contributed by atoms with Gasteiger partial charge < -0.3 is 9.47 Å². The number of aryl methyl sites for hydroxylation is 1. The summed E-state index contributed by atoms with van der Waals surface area (Å²) in [4.78, 5) is 39.9. The average Bonchev–Trinajstić information content (AvgIpc) is 3.30. The van der Waals surface area contributed by atoms with Crippen LogP contribution in [0.25, 0.3) is 10.8 Å². The number of rotatable bonds is 6. The minimum Gasteiger partial charge on any atom is -0.333 e. The van der Waals surface area contributed by atoms with Crippen molar-refractivity contribution < 1.29 is 9.59 Å². The van der Waals surface area contributed by atoms with E-state index in [9.17, 15) is 9.59 Å². The smallest absolute Gasteiger partial charge is 0.274 e. The molecule has 7 nitrogen and oxygen atoms in total. The van der Waals surface area contributed by atoms with Gasteiger partial charge in [0.25, 0.3) is 11.8 Å². The summed E-state index contributed by atoms with van der Waals surface area (Å²) in [5.41, 5.74) is 2.10. The number of hydrogen-bond acceptors (Lipinski definition) is 4. The second-order valence-corrected chi connectivity index (χ2v) is 8.87. The largest absolute Gasteiger partial charge is 0.333 e. The Kier molecular flexibility index (Phi) is 6.31. The summed E-state index contributed by atoms with van der Waals surface area (Å²) in [5, 5.41) is 1.89. The molecular weight excluding hydrogens is 438 g/mol. The normalized spacial score (nSPS) is 12.9. The van der Waals surface area contributed by atoms with Crippen LogP contribution in [0.2, 0.25) is 0 Å². The molecule has 0 atom stereocenters. The summed E-state index contributed by atoms with van der Waals surface area (Å²) in [6, 6.07) is 17.4. The second-order valence-electron chi connectivity index (χ2n) is 8.87. The highest BCUT2D eigenvalue weighted by Crippen LogP contribution is 2.29. The molecule has 0 spiro atoms. The zero-order valence-electron chi connectivity index (χ0n) is 20.1. The maximum Gasteiger partial charge on any atom is 0.274 e. The van der Waals surface area contributed by atoms with Crippen molar-refractivity contribution in [3.63, 3.8) is 0 Å². The maximum atomic E-state index is 13.9. The van der Waals surface area contributed by atoms with Gasteiger partial charge in [0.2, 0.25) is 0 Å². The van der Waals surface area contributed by atoms with E-state index in [0.29, 0.717) is 30.2 Å². The van der Waals surface area contributed by atoms with E-state index in [1.807, 2.05) is 66.1 Å². The number of amides is 2. The van der Waals surface area contributed by atoms with Crippen LogP contribution >= 0.6 is 0 Å². The molecule has 0 N–H and O–H groups in total. The van der Waals surface area contributed by atoms with Gasteiger partial charge in [-0.05, 0) is 54.3 Å². The molecule has 2 aromatic heterocycles. The van der Waals surface area contributed by atoms with E-state index in [0.717, 1.165) is 48.0 Å². The number of anilines is 1. The molecule has 1 aliphatic heterocycles. The lowest BCUT2D eigenvalue weighted by molar-refractivity contribution is 0.0741. The third kappa shape index (κ3) is 4.30. The lowest BCUT2D eigenvalue weighted by Gasteiger charge is -2.25. The Balaban J connectivity index is 1.54. The number of benzene rings is 2. The van der Waals surface area contributed by atoms with Crippen LogP contribution in [0.3, 0.4) is 0 Å². The molecule has 0 radical (unpaired) electrons. The molecule has 3 heterocycles. The van der Waals surface area contributed by atoms with Crippen LogP contribution in [-0.2, 0) is 19.5 Å². The number of pyridine rings is 1. The Morgan fingerprint density at radius 3 is 2.54 bits per heavy atom. The number of aromatic nitrogens is 3. The van der Waals surface area contributed by atoms with Gasteiger partial charge in [-0.3, -0.25) is 19.5 Å². The molecule has 2 aromatic carbocycles. The van der Waals surface area contributed by atoms with Gasteiger partial charge in [-0.25, -0.2) is 4.98 Å². The fourth-order valence-electron chi connectivity index (χ4n) is 4.79. The molecule has 0 saturated carbocycles. The van der Waals surface area contributed by atoms with E-state index in [-0.39, 0.29) is 11.8 Å². The number of carbonyl (C=O) groups excluding carboxylic acids is 2. The molecule has 1 aliphatic rings. The van der Waals surface area contributed by atoms with E-state index in [1.165, 1.54) is 0 Å². The Labute approximate surface area is 205 Å². The number of imidazole rings is 1. The fourth-order valence-corrected chi connectivity index (χ4v) is 4.79. The average molecular weight is 468 g/mol. The van der Waals surface area contributed by atoms with Crippen LogP contribution in [0.4, 0.5) is 5.82 Å². The van der Waals surface area contributed by atoms with Crippen molar-refractivity contribution in [1.29, 1.82) is 0 Å². The highest BCUT2D eigenvalue weighted by atomic mass is 16.2. The Hall–Kier alpha value is -4.00. The lowest BCUT2D eigenvalue weighted by Crippen LogP contribution is -2.35. The molecule has 35 heavy (non-hydrogen) atoms. The summed E-state index contributed by atoms with van der Waals surface area (Å²) in [7, 11) is 1.72. The van der Waals surface area contributed by atoms with Gasteiger partial charge in [-0.1, -0.05) is 36.4 Å². The SMILES string of the molecule is CCN(Cc1ccncc1)C(=O)c1c(N(C)C(=O)c2cccc3ccccc23)nc2n1CCCC2. The molecule has 0 saturated heterocycles. The number of carbonyl (C=O) groups is 2. The van der Waals surface area contributed by atoms with Gasteiger partial charge in [0.05, 0.1) is 0 Å². The van der Waals surface area contributed by atoms with Crippen molar-refractivity contribution in [2.24, 2.45) is 0 Å². The van der Waals surface area contributed by atoms with Crippen molar-refractivity contribution in [2.45, 2.75) is 39.3 Å². The van der Waals surface area contributed by atoms with E-state index < -0.39 is 0 Å². The number of nitrogens with zero attached hydrogens (tertiary/aromatic N) is 5. The predicted octanol–water partition coefficient (Wildman–Crippen LogP) is 4.71. The van der Waals surface area contributed by atoms with Gasteiger partial charge in [-0.15, -0.1) is 0 Å². The first-order valence-electron chi connectivity index (χ1n) is 12.1. The predicted molar refractivity (Wildman–Crippen MR) is 136 cm³/mol. The van der Waals surface area contributed by atoms with Crippen LogP contribution in [0.1, 0.15) is 52.0 Å². The third-order valence-electron chi connectivity index (χ3n) is 6.70. The van der Waals surface area contributed by atoms with Crippen molar-refractivity contribution >= 4 is 28.4 Å². The molecule has 7 heteroatoms. The minimum absolute atomic E-state index is 0.113.